The molecule has 0 aliphatic carbocycles. The Morgan fingerprint density at radius 2 is 2.04 bits per heavy atom. The minimum Gasteiger partial charge on any atom is -0.339 e. The number of amides is 1. The quantitative estimate of drug-likeness (QED) is 0.604. The second-order valence-electron chi connectivity index (χ2n) is 5.14. The summed E-state index contributed by atoms with van der Waals surface area (Å²) in [4.78, 5) is 16.7. The number of thioether (sulfide) groups is 1. The molecule has 0 bridgehead atoms. The van der Waals surface area contributed by atoms with E-state index in [4.69, 9.17) is 6.42 Å². The standard InChI is InChI=1S/C18H20N2OS2/c1-4-18(5-2,6-3)20-16(21)13-23-17-19-15(12-22-17)14-10-8-7-9-11-14/h1,7-12H,5-6,13H2,2-3H3,(H,20,21). The van der Waals surface area contributed by atoms with Crippen LogP contribution in [0.25, 0.3) is 11.3 Å². The summed E-state index contributed by atoms with van der Waals surface area (Å²) in [5, 5.41) is 4.98. The Morgan fingerprint density at radius 3 is 2.65 bits per heavy atom. The number of terminal acetylenes is 1. The Kier molecular flexibility index (Phi) is 6.26. The Bertz CT molecular complexity index is 685. The molecule has 1 N–H and O–H groups in total. The number of nitrogens with one attached hydrogen (secondary N) is 1. The van der Waals surface area contributed by atoms with E-state index in [-0.39, 0.29) is 5.91 Å². The van der Waals surface area contributed by atoms with Gasteiger partial charge in [-0.15, -0.1) is 17.8 Å². The highest BCUT2D eigenvalue weighted by molar-refractivity contribution is 8.01. The molecule has 1 aromatic carbocycles. The monoisotopic (exact) mass is 344 g/mol. The highest BCUT2D eigenvalue weighted by Crippen LogP contribution is 2.28. The van der Waals surface area contributed by atoms with E-state index in [2.05, 4.69) is 16.2 Å². The Hall–Kier alpha value is -1.77. The molecule has 0 radical (unpaired) electrons. The maximum Gasteiger partial charge on any atom is 0.231 e. The lowest BCUT2D eigenvalue weighted by Gasteiger charge is -2.26. The van der Waals surface area contributed by atoms with Crippen molar-refractivity contribution in [2.24, 2.45) is 0 Å². The van der Waals surface area contributed by atoms with Crippen LogP contribution in [0.2, 0.25) is 0 Å². The first-order valence-electron chi connectivity index (χ1n) is 7.55. The third-order valence-corrected chi connectivity index (χ3v) is 5.76. The van der Waals surface area contributed by atoms with Gasteiger partial charge in [0.25, 0.3) is 0 Å². The molecule has 1 aromatic heterocycles. The van der Waals surface area contributed by atoms with E-state index in [0.29, 0.717) is 5.75 Å². The van der Waals surface area contributed by atoms with Crippen LogP contribution < -0.4 is 5.32 Å². The lowest BCUT2D eigenvalue weighted by Crippen LogP contribution is -2.47. The molecule has 120 valence electrons. The molecule has 0 atom stereocenters. The van der Waals surface area contributed by atoms with E-state index in [1.807, 2.05) is 49.6 Å². The maximum atomic E-state index is 12.1. The van der Waals surface area contributed by atoms with Gasteiger partial charge in [-0.05, 0) is 12.8 Å². The first kappa shape index (κ1) is 17.6. The Labute approximate surface area is 145 Å². The van der Waals surface area contributed by atoms with Crippen LogP contribution >= 0.6 is 23.1 Å². The highest BCUT2D eigenvalue weighted by atomic mass is 32.2. The minimum atomic E-state index is -0.532. The van der Waals surface area contributed by atoms with Gasteiger partial charge in [0, 0.05) is 10.9 Å². The molecule has 0 fully saturated rings. The number of carbonyl (C=O) groups excluding carboxylic acids is 1. The first-order chi connectivity index (χ1) is 11.1. The van der Waals surface area contributed by atoms with E-state index < -0.39 is 5.54 Å². The van der Waals surface area contributed by atoms with Crippen LogP contribution in [0.3, 0.4) is 0 Å². The lowest BCUT2D eigenvalue weighted by molar-refractivity contribution is -0.119. The molecule has 0 saturated carbocycles. The average molecular weight is 345 g/mol. The van der Waals surface area contributed by atoms with Crippen LogP contribution in [0.4, 0.5) is 0 Å². The van der Waals surface area contributed by atoms with Crippen LogP contribution in [-0.4, -0.2) is 22.2 Å². The van der Waals surface area contributed by atoms with Crippen molar-refractivity contribution in [3.05, 3.63) is 35.7 Å². The molecule has 3 nitrogen and oxygen atoms in total. The maximum absolute atomic E-state index is 12.1. The average Bonchev–Trinajstić information content (AvgIpc) is 3.08. The number of thiazole rings is 1. The molecule has 0 spiro atoms. The molecule has 0 aliphatic rings. The van der Waals surface area contributed by atoms with Gasteiger partial charge in [0.05, 0.1) is 11.4 Å². The molecule has 2 aromatic rings. The number of hydrogen-bond donors (Lipinski definition) is 1. The third-order valence-electron chi connectivity index (χ3n) is 3.74. The minimum absolute atomic E-state index is 0.0480. The summed E-state index contributed by atoms with van der Waals surface area (Å²) in [5.41, 5.74) is 1.50. The molecule has 5 heteroatoms. The number of aromatic nitrogens is 1. The smallest absolute Gasteiger partial charge is 0.231 e. The summed E-state index contributed by atoms with van der Waals surface area (Å²) >= 11 is 3.00. The van der Waals surface area contributed by atoms with Gasteiger partial charge in [-0.2, -0.15) is 0 Å². The SMILES string of the molecule is C#CC(CC)(CC)NC(=O)CSc1nc(-c2ccccc2)cs1. The van der Waals surface area contributed by atoms with E-state index in [0.717, 1.165) is 28.4 Å². The fourth-order valence-electron chi connectivity index (χ4n) is 2.16. The number of rotatable bonds is 7. The van der Waals surface area contributed by atoms with E-state index in [1.54, 1.807) is 11.3 Å². The van der Waals surface area contributed by atoms with Crippen molar-refractivity contribution in [2.45, 2.75) is 36.6 Å². The largest absolute Gasteiger partial charge is 0.339 e. The molecule has 23 heavy (non-hydrogen) atoms. The van der Waals surface area contributed by atoms with Gasteiger partial charge < -0.3 is 5.32 Å². The van der Waals surface area contributed by atoms with Crippen molar-refractivity contribution in [1.82, 2.24) is 10.3 Å². The van der Waals surface area contributed by atoms with Gasteiger partial charge in [0.1, 0.15) is 5.54 Å². The van der Waals surface area contributed by atoms with Crippen molar-refractivity contribution in [3.63, 3.8) is 0 Å². The zero-order valence-corrected chi connectivity index (χ0v) is 15.0. The van der Waals surface area contributed by atoms with Crippen molar-refractivity contribution in [3.8, 4) is 23.6 Å². The lowest BCUT2D eigenvalue weighted by atomic mass is 9.94. The second kappa shape index (κ2) is 8.19. The van der Waals surface area contributed by atoms with Crippen LogP contribution in [0.15, 0.2) is 40.1 Å². The van der Waals surface area contributed by atoms with Gasteiger partial charge >= 0.3 is 0 Å². The molecule has 0 unspecified atom stereocenters. The van der Waals surface area contributed by atoms with Crippen molar-refractivity contribution < 1.29 is 4.79 Å². The number of carbonyl (C=O) groups is 1. The molecule has 1 heterocycles. The number of benzene rings is 1. The van der Waals surface area contributed by atoms with Gasteiger partial charge in [-0.25, -0.2) is 4.98 Å². The van der Waals surface area contributed by atoms with E-state index >= 15 is 0 Å². The fourth-order valence-corrected chi connectivity index (χ4v) is 3.80. The second-order valence-corrected chi connectivity index (χ2v) is 7.22. The van der Waals surface area contributed by atoms with E-state index in [1.165, 1.54) is 11.8 Å². The third kappa shape index (κ3) is 4.60. The van der Waals surface area contributed by atoms with Gasteiger partial charge in [-0.3, -0.25) is 4.79 Å². The fraction of sp³-hybridized carbons (Fsp3) is 0.333. The summed E-state index contributed by atoms with van der Waals surface area (Å²) in [6.07, 6.45) is 7.03. The van der Waals surface area contributed by atoms with Crippen LogP contribution in [-0.2, 0) is 4.79 Å². The molecule has 2 rings (SSSR count). The zero-order valence-electron chi connectivity index (χ0n) is 13.3. The van der Waals surface area contributed by atoms with Crippen molar-refractivity contribution >= 4 is 29.0 Å². The summed E-state index contributed by atoms with van der Waals surface area (Å²) in [5.74, 6) is 2.99. The van der Waals surface area contributed by atoms with Gasteiger partial charge in [-0.1, -0.05) is 61.9 Å². The molecule has 0 saturated heterocycles. The Balaban J connectivity index is 1.93. The highest BCUT2D eigenvalue weighted by Gasteiger charge is 2.25. The molecule has 0 aliphatic heterocycles. The summed E-state index contributed by atoms with van der Waals surface area (Å²) in [6.45, 7) is 3.98. The number of hydrogen-bond acceptors (Lipinski definition) is 4. The van der Waals surface area contributed by atoms with Crippen molar-refractivity contribution in [1.29, 1.82) is 0 Å². The predicted octanol–water partition coefficient (Wildman–Crippen LogP) is 4.21. The molecule has 1 amide bonds. The molecular formula is C18H20N2OS2. The van der Waals surface area contributed by atoms with Gasteiger partial charge in [0.2, 0.25) is 5.91 Å². The normalized spacial score (nSPS) is 11.0. The van der Waals surface area contributed by atoms with E-state index in [9.17, 15) is 4.79 Å². The van der Waals surface area contributed by atoms with Crippen molar-refractivity contribution in [2.75, 3.05) is 5.75 Å². The summed E-state index contributed by atoms with van der Waals surface area (Å²) in [7, 11) is 0. The summed E-state index contributed by atoms with van der Waals surface area (Å²) < 4.78 is 0.887. The first-order valence-corrected chi connectivity index (χ1v) is 9.41. The topological polar surface area (TPSA) is 42.0 Å². The van der Waals surface area contributed by atoms with Crippen LogP contribution in [0.5, 0.6) is 0 Å². The summed E-state index contributed by atoms with van der Waals surface area (Å²) in [6, 6.07) is 10.0. The van der Waals surface area contributed by atoms with Crippen LogP contribution in [0.1, 0.15) is 26.7 Å². The predicted molar refractivity (Wildman–Crippen MR) is 98.6 cm³/mol. The molecular weight excluding hydrogens is 324 g/mol. The van der Waals surface area contributed by atoms with Gasteiger partial charge in [0.15, 0.2) is 4.34 Å². The number of nitrogens with zero attached hydrogens (tertiary/aromatic N) is 1. The van der Waals surface area contributed by atoms with Crippen LogP contribution in [0, 0.1) is 12.3 Å². The Morgan fingerprint density at radius 1 is 1.35 bits per heavy atom. The zero-order chi connectivity index (χ0) is 16.7.